The summed E-state index contributed by atoms with van der Waals surface area (Å²) in [5, 5.41) is 3.06. The van der Waals surface area contributed by atoms with E-state index in [0.717, 1.165) is 16.7 Å². The fourth-order valence-corrected chi connectivity index (χ4v) is 4.49. The predicted octanol–water partition coefficient (Wildman–Crippen LogP) is 2.84. The fraction of sp³-hybridized carbons (Fsp3) is 0.222. The van der Waals surface area contributed by atoms with Crippen molar-refractivity contribution in [1.82, 2.24) is 5.32 Å². The second-order valence-electron chi connectivity index (χ2n) is 7.73. The van der Waals surface area contributed by atoms with Gasteiger partial charge in [-0.1, -0.05) is 91.0 Å². The number of amides is 1. The van der Waals surface area contributed by atoms with Gasteiger partial charge in [0.1, 0.15) is 6.29 Å². The Labute approximate surface area is 193 Å². The summed E-state index contributed by atoms with van der Waals surface area (Å²) in [6.45, 7) is 0.161. The van der Waals surface area contributed by atoms with Gasteiger partial charge >= 0.3 is 5.97 Å². The van der Waals surface area contributed by atoms with E-state index in [2.05, 4.69) is 10.1 Å². The Kier molecular flexibility index (Phi) is 8.11. The molecule has 6 nitrogen and oxygen atoms in total. The molecule has 6 heteroatoms. The Balaban J connectivity index is 2.26. The van der Waals surface area contributed by atoms with Gasteiger partial charge in [0.25, 0.3) is 0 Å². The molecule has 0 aliphatic carbocycles. The minimum atomic E-state index is -1.06. The van der Waals surface area contributed by atoms with Crippen LogP contribution in [0.2, 0.25) is 0 Å². The van der Waals surface area contributed by atoms with E-state index in [1.54, 1.807) is 0 Å². The molecule has 2 atom stereocenters. The summed E-state index contributed by atoms with van der Waals surface area (Å²) in [7, 11) is 1.30. The van der Waals surface area contributed by atoms with Gasteiger partial charge in [0.2, 0.25) is 5.91 Å². The first-order valence-electron chi connectivity index (χ1n) is 10.8. The van der Waals surface area contributed by atoms with Gasteiger partial charge in [-0.15, -0.1) is 0 Å². The highest BCUT2D eigenvalue weighted by atomic mass is 16.5. The third-order valence-electron chi connectivity index (χ3n) is 5.90. The quantitative estimate of drug-likeness (QED) is 0.269. The number of nitrogens with one attached hydrogen (secondary N) is 1. The normalized spacial score (nSPS) is 13.0. The number of rotatable bonds is 11. The van der Waals surface area contributed by atoms with Crippen LogP contribution in [0.1, 0.15) is 23.1 Å². The van der Waals surface area contributed by atoms with Crippen LogP contribution in [0, 0.1) is 5.92 Å². The summed E-state index contributed by atoms with van der Waals surface area (Å²) < 4.78 is 4.69. The molecule has 0 heterocycles. The lowest BCUT2D eigenvalue weighted by Gasteiger charge is -2.43. The molecule has 170 valence electrons. The maximum Gasteiger partial charge on any atom is 0.306 e. The average Bonchev–Trinajstić information content (AvgIpc) is 2.87. The van der Waals surface area contributed by atoms with Crippen molar-refractivity contribution in [3.63, 3.8) is 0 Å². The van der Waals surface area contributed by atoms with E-state index in [4.69, 9.17) is 5.73 Å². The molecule has 0 spiro atoms. The number of aldehydes is 1. The van der Waals surface area contributed by atoms with Crippen molar-refractivity contribution in [2.45, 2.75) is 17.9 Å². The van der Waals surface area contributed by atoms with Gasteiger partial charge < -0.3 is 20.6 Å². The standard InChI is InChI=1S/C27H28N2O4/c1-33-24(31)17-18-29-23(19-30)25(26(28)32)27(20-11-5-2-6-12-20,21-13-7-3-8-14-21)22-15-9-4-10-16-22/h2-16,19,23,25,29H,17-18H2,1H3,(H2,28,32). The molecule has 1 amide bonds. The molecular weight excluding hydrogens is 416 g/mol. The molecule has 33 heavy (non-hydrogen) atoms. The van der Waals surface area contributed by atoms with Crippen LogP contribution in [0.5, 0.6) is 0 Å². The lowest BCUT2D eigenvalue weighted by atomic mass is 9.59. The number of benzene rings is 3. The number of primary amides is 1. The number of nitrogens with two attached hydrogens (primary N) is 1. The average molecular weight is 445 g/mol. The summed E-state index contributed by atoms with van der Waals surface area (Å²) in [6, 6.07) is 27.7. The fourth-order valence-electron chi connectivity index (χ4n) is 4.49. The minimum absolute atomic E-state index is 0.0569. The van der Waals surface area contributed by atoms with Crippen LogP contribution in [0.4, 0.5) is 0 Å². The van der Waals surface area contributed by atoms with Gasteiger partial charge in [-0.3, -0.25) is 9.59 Å². The molecule has 3 aromatic rings. The summed E-state index contributed by atoms with van der Waals surface area (Å²) >= 11 is 0. The minimum Gasteiger partial charge on any atom is -0.469 e. The Morgan fingerprint density at radius 3 is 1.64 bits per heavy atom. The first-order valence-corrected chi connectivity index (χ1v) is 10.8. The van der Waals surface area contributed by atoms with Crippen molar-refractivity contribution in [3.05, 3.63) is 108 Å². The summed E-state index contributed by atoms with van der Waals surface area (Å²) in [5.74, 6) is -2.03. The van der Waals surface area contributed by atoms with Crippen LogP contribution >= 0.6 is 0 Å². The second kappa shape index (κ2) is 11.2. The molecule has 0 aliphatic rings. The molecular formula is C27H28N2O4. The predicted molar refractivity (Wildman–Crippen MR) is 126 cm³/mol. The second-order valence-corrected chi connectivity index (χ2v) is 7.73. The molecule has 3 N–H and O–H groups in total. The molecule has 0 aliphatic heterocycles. The van der Waals surface area contributed by atoms with E-state index >= 15 is 0 Å². The first-order chi connectivity index (χ1) is 16.1. The molecule has 2 unspecified atom stereocenters. The Bertz CT molecular complexity index is 959. The highest BCUT2D eigenvalue weighted by molar-refractivity contribution is 5.86. The smallest absolute Gasteiger partial charge is 0.306 e. The van der Waals surface area contributed by atoms with Crippen molar-refractivity contribution >= 4 is 18.2 Å². The van der Waals surface area contributed by atoms with Crippen molar-refractivity contribution in [2.24, 2.45) is 11.7 Å². The van der Waals surface area contributed by atoms with Crippen molar-refractivity contribution in [2.75, 3.05) is 13.7 Å². The van der Waals surface area contributed by atoms with Crippen LogP contribution in [-0.2, 0) is 24.5 Å². The molecule has 3 rings (SSSR count). The van der Waals surface area contributed by atoms with Gasteiger partial charge in [0.05, 0.1) is 30.9 Å². The van der Waals surface area contributed by atoms with Gasteiger partial charge in [-0.2, -0.15) is 0 Å². The van der Waals surface area contributed by atoms with Gasteiger partial charge in [0, 0.05) is 6.54 Å². The van der Waals surface area contributed by atoms with Crippen LogP contribution in [-0.4, -0.2) is 37.9 Å². The lowest BCUT2D eigenvalue weighted by Crippen LogP contribution is -2.55. The maximum absolute atomic E-state index is 13.2. The first kappa shape index (κ1) is 23.9. The molecule has 3 aromatic carbocycles. The van der Waals surface area contributed by atoms with Crippen molar-refractivity contribution in [3.8, 4) is 0 Å². The third kappa shape index (κ3) is 5.02. The maximum atomic E-state index is 13.2. The zero-order valence-corrected chi connectivity index (χ0v) is 18.5. The van der Waals surface area contributed by atoms with Crippen LogP contribution in [0.3, 0.4) is 0 Å². The number of hydrogen-bond acceptors (Lipinski definition) is 5. The van der Waals surface area contributed by atoms with E-state index in [1.165, 1.54) is 7.11 Å². The Morgan fingerprint density at radius 2 is 1.30 bits per heavy atom. The number of hydrogen-bond donors (Lipinski definition) is 2. The summed E-state index contributed by atoms with van der Waals surface area (Å²) in [6.07, 6.45) is 0.748. The van der Waals surface area contributed by atoms with Crippen LogP contribution in [0.15, 0.2) is 91.0 Å². The SMILES string of the molecule is COC(=O)CCNC(C=O)C(C(N)=O)C(c1ccccc1)(c1ccccc1)c1ccccc1. The monoisotopic (exact) mass is 444 g/mol. The third-order valence-corrected chi connectivity index (χ3v) is 5.90. The van der Waals surface area contributed by atoms with Crippen LogP contribution < -0.4 is 11.1 Å². The number of esters is 1. The lowest BCUT2D eigenvalue weighted by molar-refractivity contribution is -0.140. The largest absolute Gasteiger partial charge is 0.469 e. The molecule has 0 fully saturated rings. The molecule has 0 aromatic heterocycles. The number of ether oxygens (including phenoxy) is 1. The Morgan fingerprint density at radius 1 is 0.879 bits per heavy atom. The van der Waals surface area contributed by atoms with E-state index < -0.39 is 29.3 Å². The van der Waals surface area contributed by atoms with E-state index in [0.29, 0.717) is 6.29 Å². The van der Waals surface area contributed by atoms with Crippen molar-refractivity contribution in [1.29, 1.82) is 0 Å². The van der Waals surface area contributed by atoms with Crippen LogP contribution in [0.25, 0.3) is 0 Å². The number of carbonyl (C=O) groups is 3. The number of carbonyl (C=O) groups excluding carboxylic acids is 3. The molecule has 0 radical (unpaired) electrons. The topological polar surface area (TPSA) is 98.5 Å². The van der Waals surface area contributed by atoms with Gasteiger partial charge in [-0.25, -0.2) is 0 Å². The molecule has 0 bridgehead atoms. The highest BCUT2D eigenvalue weighted by Gasteiger charge is 2.50. The highest BCUT2D eigenvalue weighted by Crippen LogP contribution is 2.46. The van der Waals surface area contributed by atoms with Crippen molar-refractivity contribution < 1.29 is 19.1 Å². The zero-order chi connectivity index (χ0) is 23.7. The summed E-state index contributed by atoms with van der Waals surface area (Å²) in [4.78, 5) is 37.1. The Hall–Kier alpha value is -3.77. The van der Waals surface area contributed by atoms with E-state index in [9.17, 15) is 14.4 Å². The molecule has 0 saturated carbocycles. The van der Waals surface area contributed by atoms with Gasteiger partial charge in [-0.05, 0) is 16.7 Å². The molecule has 0 saturated heterocycles. The summed E-state index contributed by atoms with van der Waals surface area (Å²) in [5.41, 5.74) is 7.46. The van der Waals surface area contributed by atoms with E-state index in [-0.39, 0.29) is 13.0 Å². The van der Waals surface area contributed by atoms with E-state index in [1.807, 2.05) is 91.0 Å². The number of methoxy groups -OCH3 is 1. The zero-order valence-electron chi connectivity index (χ0n) is 18.5. The van der Waals surface area contributed by atoms with Gasteiger partial charge in [0.15, 0.2) is 0 Å².